The molecule has 14 atom stereocenters. The van der Waals surface area contributed by atoms with E-state index in [1.165, 1.54) is 7.11 Å². The molecule has 3 fully saturated rings. The van der Waals surface area contributed by atoms with Crippen LogP contribution in [0.4, 0.5) is 0 Å². The molecule has 7 N–H and O–H groups in total. The molecule has 3 heterocycles. The first-order valence-corrected chi connectivity index (χ1v) is 14.1. The van der Waals surface area contributed by atoms with E-state index in [2.05, 4.69) is 12.9 Å². The number of hydrogen-bond acceptors (Lipinski definition) is 15. The Morgan fingerprint density at radius 1 is 0.810 bits per heavy atom. The number of aliphatic carboxylic acids is 1. The zero-order chi connectivity index (χ0) is 30.3. The monoisotopic (exact) mass is 632 g/mol. The Kier molecular flexibility index (Phi) is 15.8. The van der Waals surface area contributed by atoms with E-state index < -0.39 is 97.5 Å². The van der Waals surface area contributed by atoms with E-state index in [0.717, 1.165) is 0 Å². The van der Waals surface area contributed by atoms with Gasteiger partial charge < -0.3 is 68.3 Å². The highest BCUT2D eigenvalue weighted by molar-refractivity contribution is 7.75. The minimum Gasteiger partial charge on any atom is -0.479 e. The van der Waals surface area contributed by atoms with E-state index >= 15 is 0 Å². The van der Waals surface area contributed by atoms with Crippen molar-refractivity contribution in [3.8, 4) is 0 Å². The van der Waals surface area contributed by atoms with E-state index in [4.69, 9.17) is 32.6 Å². The summed E-state index contributed by atoms with van der Waals surface area (Å²) in [6, 6.07) is 0. The summed E-state index contributed by atoms with van der Waals surface area (Å²) in [6.07, 6.45) is -11.7. The highest BCUT2D eigenvalue weighted by Crippen LogP contribution is 2.34. The van der Waals surface area contributed by atoms with Gasteiger partial charge in [-0.05, 0) is 19.3 Å². The molecular weight excluding hydrogens is 584 g/mol. The lowest BCUT2D eigenvalue weighted by Crippen LogP contribution is -2.58. The van der Waals surface area contributed by atoms with E-state index in [-0.39, 0.29) is 53.5 Å². The third-order valence-electron chi connectivity index (χ3n) is 8.19. The predicted octanol–water partition coefficient (Wildman–Crippen LogP) is -2.39. The van der Waals surface area contributed by atoms with Crippen LogP contribution in [0, 0.1) is 17.8 Å². The van der Waals surface area contributed by atoms with E-state index in [1.807, 2.05) is 0 Å². The summed E-state index contributed by atoms with van der Waals surface area (Å²) in [6.45, 7) is 0.753. The number of ether oxygens (including phenoxy) is 6. The zero-order valence-electron chi connectivity index (χ0n) is 23.1. The van der Waals surface area contributed by atoms with Crippen LogP contribution < -0.4 is 0 Å². The van der Waals surface area contributed by atoms with Gasteiger partial charge in [0.05, 0.1) is 64.6 Å². The van der Waals surface area contributed by atoms with Crippen molar-refractivity contribution in [2.24, 2.45) is 17.8 Å². The molecule has 0 aromatic rings. The molecule has 0 radical (unpaired) electrons. The molecule has 0 spiro atoms. The number of methoxy groups -OCH3 is 1. The van der Waals surface area contributed by atoms with Crippen LogP contribution in [0.5, 0.6) is 0 Å². The zero-order valence-corrected chi connectivity index (χ0v) is 24.0. The highest BCUT2D eigenvalue weighted by atomic mass is 32.1. The fourth-order valence-electron chi connectivity index (χ4n) is 5.77. The van der Waals surface area contributed by atoms with Crippen molar-refractivity contribution in [2.45, 2.75) is 87.9 Å². The SMILES string of the molecule is C.CC[C@@H]1C(C(=O)O)O[C@@H](COCC2[C@@H](COC)OC(CO)[C@@H](O)[C@H]2COC[C@@H]2OC[C@@H](O)[C@H](OS)C2O)C(O)[C@@H]1O. The number of rotatable bonds is 14. The quantitative estimate of drug-likeness (QED) is 0.0739. The minimum atomic E-state index is -1.37. The molecule has 42 heavy (non-hydrogen) atoms. The summed E-state index contributed by atoms with van der Waals surface area (Å²) in [5.41, 5.74) is 0. The summed E-state index contributed by atoms with van der Waals surface area (Å²) in [5.74, 6) is -3.24. The molecule has 0 aromatic carbocycles. The number of carboxylic acid groups (broad SMARTS) is 1. The summed E-state index contributed by atoms with van der Waals surface area (Å²) in [5, 5.41) is 71.7. The number of aliphatic hydroxyl groups is 6. The van der Waals surface area contributed by atoms with Gasteiger partial charge in [0.2, 0.25) is 0 Å². The van der Waals surface area contributed by atoms with Gasteiger partial charge in [-0.3, -0.25) is 0 Å². The Bertz CT molecular complexity index is 795. The smallest absolute Gasteiger partial charge is 0.333 e. The Morgan fingerprint density at radius 2 is 1.45 bits per heavy atom. The van der Waals surface area contributed by atoms with Crippen LogP contribution in [-0.2, 0) is 37.4 Å². The Hall–Kier alpha value is -0.700. The third kappa shape index (κ3) is 8.72. The molecule has 0 aliphatic carbocycles. The molecule has 5 unspecified atom stereocenters. The average Bonchev–Trinajstić information content (AvgIpc) is 2.94. The van der Waals surface area contributed by atoms with Gasteiger partial charge >= 0.3 is 5.97 Å². The first kappa shape index (κ1) is 37.5. The molecule has 3 rings (SSSR count). The summed E-state index contributed by atoms with van der Waals surface area (Å²) in [7, 11) is 1.46. The van der Waals surface area contributed by atoms with E-state index in [1.54, 1.807) is 6.92 Å². The maximum absolute atomic E-state index is 11.7. The molecule has 248 valence electrons. The van der Waals surface area contributed by atoms with Gasteiger partial charge in [-0.1, -0.05) is 14.4 Å². The van der Waals surface area contributed by atoms with Crippen molar-refractivity contribution in [1.82, 2.24) is 0 Å². The standard InChI is InChI=1S/C25H44O15S.CH4/c1-3-11-20(29)21(30)18(39-23(11)25(32)33)10-35-5-12-13(19(28)15(4-26)38-16(12)8-34-2)6-36-9-17-22(31)24(40-41)14(27)7-37-17;/h11-24,26-31,41H,3-10H2,1-2H3,(H,32,33);1H4/t11-,12?,13-,14+,15?,16+,17-,18-,19-,20+,21?,22?,23?,24-;/m0./s1. The minimum absolute atomic E-state index is 0. The van der Waals surface area contributed by atoms with Gasteiger partial charge in [0.1, 0.15) is 42.7 Å². The maximum atomic E-state index is 11.7. The molecule has 3 aliphatic rings. The molecule has 15 nitrogen and oxygen atoms in total. The largest absolute Gasteiger partial charge is 0.479 e. The number of hydrogen-bond donors (Lipinski definition) is 8. The van der Waals surface area contributed by atoms with Gasteiger partial charge in [-0.2, -0.15) is 0 Å². The van der Waals surface area contributed by atoms with Crippen LogP contribution in [-0.4, -0.2) is 162 Å². The van der Waals surface area contributed by atoms with Crippen molar-refractivity contribution >= 4 is 18.9 Å². The molecular formula is C26H48O15S. The second-order valence-electron chi connectivity index (χ2n) is 10.7. The summed E-state index contributed by atoms with van der Waals surface area (Å²) >= 11 is 3.70. The number of carboxylic acids is 1. The Morgan fingerprint density at radius 3 is 2.02 bits per heavy atom. The van der Waals surface area contributed by atoms with E-state index in [0.29, 0.717) is 0 Å². The molecule has 0 saturated carbocycles. The van der Waals surface area contributed by atoms with Crippen LogP contribution in [0.3, 0.4) is 0 Å². The van der Waals surface area contributed by atoms with Crippen molar-refractivity contribution < 1.29 is 73.1 Å². The second-order valence-corrected chi connectivity index (χ2v) is 10.9. The lowest BCUT2D eigenvalue weighted by atomic mass is 9.79. The molecule has 0 aromatic heterocycles. The fraction of sp³-hybridized carbons (Fsp3) is 0.962. The first-order valence-electron chi connectivity index (χ1n) is 13.7. The molecule has 16 heteroatoms. The van der Waals surface area contributed by atoms with Gasteiger partial charge in [0, 0.05) is 24.9 Å². The van der Waals surface area contributed by atoms with Crippen molar-refractivity contribution in [3.63, 3.8) is 0 Å². The van der Waals surface area contributed by atoms with Gasteiger partial charge in [0.25, 0.3) is 0 Å². The third-order valence-corrected chi connectivity index (χ3v) is 8.43. The molecule has 0 amide bonds. The van der Waals surface area contributed by atoms with Crippen LogP contribution in [0.15, 0.2) is 0 Å². The Balaban J connectivity index is 0.00000616. The molecule has 3 aliphatic heterocycles. The van der Waals surface area contributed by atoms with Gasteiger partial charge in [0.15, 0.2) is 6.10 Å². The average molecular weight is 633 g/mol. The number of aliphatic hydroxyl groups excluding tert-OH is 6. The topological polar surface area (TPSA) is 223 Å². The first-order chi connectivity index (χ1) is 19.6. The van der Waals surface area contributed by atoms with Crippen LogP contribution >= 0.6 is 12.9 Å². The fourth-order valence-corrected chi connectivity index (χ4v) is 6.04. The highest BCUT2D eigenvalue weighted by Gasteiger charge is 2.48. The van der Waals surface area contributed by atoms with Crippen molar-refractivity contribution in [1.29, 1.82) is 0 Å². The predicted molar refractivity (Wildman–Crippen MR) is 147 cm³/mol. The van der Waals surface area contributed by atoms with Gasteiger partial charge in [-0.15, -0.1) is 0 Å². The lowest BCUT2D eigenvalue weighted by molar-refractivity contribution is -0.235. The maximum Gasteiger partial charge on any atom is 0.333 e. The van der Waals surface area contributed by atoms with E-state index in [9.17, 15) is 40.5 Å². The van der Waals surface area contributed by atoms with Gasteiger partial charge in [-0.25, -0.2) is 4.79 Å². The number of thiol groups is 1. The van der Waals surface area contributed by atoms with Crippen LogP contribution in [0.2, 0.25) is 0 Å². The number of carbonyl (C=O) groups is 1. The van der Waals surface area contributed by atoms with Crippen LogP contribution in [0.25, 0.3) is 0 Å². The second kappa shape index (κ2) is 17.7. The molecule has 3 saturated heterocycles. The summed E-state index contributed by atoms with van der Waals surface area (Å²) in [4.78, 5) is 11.7. The van der Waals surface area contributed by atoms with Crippen molar-refractivity contribution in [3.05, 3.63) is 0 Å². The summed E-state index contributed by atoms with van der Waals surface area (Å²) < 4.78 is 38.7. The molecule has 0 bridgehead atoms. The van der Waals surface area contributed by atoms with Crippen LogP contribution in [0.1, 0.15) is 20.8 Å². The normalized spacial score (nSPS) is 42.6. The lowest BCUT2D eigenvalue weighted by Gasteiger charge is -2.45. The Labute approximate surface area is 251 Å². The van der Waals surface area contributed by atoms with Crippen molar-refractivity contribution in [2.75, 3.05) is 53.4 Å².